The number of hydrogen-bond acceptors (Lipinski definition) is 7. The van der Waals surface area contributed by atoms with Crippen LogP contribution >= 0.6 is 23.1 Å². The number of aryl methyl sites for hydroxylation is 1. The number of carbonyl (C=O) groups excluding carboxylic acids is 2. The Bertz CT molecular complexity index is 1380. The van der Waals surface area contributed by atoms with Crippen LogP contribution in [0.1, 0.15) is 39.4 Å². The van der Waals surface area contributed by atoms with Crippen molar-refractivity contribution in [2.75, 3.05) is 11.1 Å². The van der Waals surface area contributed by atoms with E-state index in [1.165, 1.54) is 35.2 Å². The lowest BCUT2D eigenvalue weighted by molar-refractivity contribution is -0.113. The number of anilines is 1. The van der Waals surface area contributed by atoms with Crippen molar-refractivity contribution < 1.29 is 18.4 Å². The summed E-state index contributed by atoms with van der Waals surface area (Å²) in [5, 5.41) is 15.4. The van der Waals surface area contributed by atoms with Gasteiger partial charge in [-0.2, -0.15) is 0 Å². The minimum atomic E-state index is -0.323. The number of nitrogens with zero attached hydrogens (tertiary/aromatic N) is 3. The average molecular weight is 526 g/mol. The van der Waals surface area contributed by atoms with Gasteiger partial charge in [-0.3, -0.25) is 9.59 Å². The number of thioether (sulfide) groups is 1. The van der Waals surface area contributed by atoms with E-state index in [0.717, 1.165) is 41.7 Å². The van der Waals surface area contributed by atoms with E-state index in [1.54, 1.807) is 42.1 Å². The van der Waals surface area contributed by atoms with E-state index < -0.39 is 0 Å². The van der Waals surface area contributed by atoms with Gasteiger partial charge in [0.25, 0.3) is 5.91 Å². The van der Waals surface area contributed by atoms with Crippen molar-refractivity contribution in [1.29, 1.82) is 0 Å². The molecule has 0 radical (unpaired) electrons. The van der Waals surface area contributed by atoms with Crippen LogP contribution in [0.4, 0.5) is 9.39 Å². The van der Waals surface area contributed by atoms with Crippen LogP contribution in [0.2, 0.25) is 0 Å². The van der Waals surface area contributed by atoms with Crippen molar-refractivity contribution in [3.63, 3.8) is 0 Å². The van der Waals surface area contributed by atoms with Crippen molar-refractivity contribution in [2.24, 2.45) is 7.05 Å². The van der Waals surface area contributed by atoms with Crippen molar-refractivity contribution >= 4 is 39.9 Å². The zero-order valence-electron chi connectivity index (χ0n) is 19.5. The number of carbonyl (C=O) groups is 2. The van der Waals surface area contributed by atoms with Crippen LogP contribution in [0, 0.1) is 5.82 Å². The first-order chi connectivity index (χ1) is 17.5. The fourth-order valence-electron chi connectivity index (χ4n) is 4.15. The molecule has 2 N–H and O–H groups in total. The summed E-state index contributed by atoms with van der Waals surface area (Å²) in [6, 6.07) is 9.59. The number of hydrogen-bond donors (Lipinski definition) is 2. The summed E-state index contributed by atoms with van der Waals surface area (Å²) < 4.78 is 20.3. The van der Waals surface area contributed by atoms with Gasteiger partial charge in [0.05, 0.1) is 24.1 Å². The normalized spacial score (nSPS) is 12.8. The zero-order valence-corrected chi connectivity index (χ0v) is 21.2. The highest BCUT2D eigenvalue weighted by Crippen LogP contribution is 2.38. The average Bonchev–Trinajstić information content (AvgIpc) is 3.61. The van der Waals surface area contributed by atoms with E-state index in [4.69, 9.17) is 4.42 Å². The number of fused-ring (bicyclic) bond motifs is 1. The molecule has 0 saturated heterocycles. The fourth-order valence-corrected chi connectivity index (χ4v) is 6.16. The summed E-state index contributed by atoms with van der Waals surface area (Å²) in [7, 11) is 1.80. The summed E-state index contributed by atoms with van der Waals surface area (Å²) in [5.41, 5.74) is 2.32. The van der Waals surface area contributed by atoms with Gasteiger partial charge in [0.15, 0.2) is 11.0 Å². The second kappa shape index (κ2) is 10.7. The molecule has 11 heteroatoms. The molecule has 0 spiro atoms. The van der Waals surface area contributed by atoms with Crippen LogP contribution in [0.25, 0.3) is 11.4 Å². The number of thiophene rings is 1. The SMILES string of the molecule is Cn1c(SCC(=O)Nc2sc3c(c2C(=O)NCc2ccco2)CCCC3)nnc1-c1ccc(F)cc1. The minimum Gasteiger partial charge on any atom is -0.467 e. The van der Waals surface area contributed by atoms with Crippen LogP contribution in [-0.4, -0.2) is 32.3 Å². The Morgan fingerprint density at radius 3 is 2.75 bits per heavy atom. The lowest BCUT2D eigenvalue weighted by Gasteiger charge is -2.13. The van der Waals surface area contributed by atoms with E-state index in [9.17, 15) is 14.0 Å². The summed E-state index contributed by atoms with van der Waals surface area (Å²) in [6.45, 7) is 0.280. The summed E-state index contributed by atoms with van der Waals surface area (Å²) in [4.78, 5) is 27.1. The van der Waals surface area contributed by atoms with Gasteiger partial charge in [0.2, 0.25) is 5.91 Å². The molecule has 186 valence electrons. The molecule has 8 nitrogen and oxygen atoms in total. The van der Waals surface area contributed by atoms with Crippen LogP contribution in [-0.2, 0) is 31.2 Å². The molecule has 0 aliphatic heterocycles. The van der Waals surface area contributed by atoms with Crippen molar-refractivity contribution in [2.45, 2.75) is 37.4 Å². The van der Waals surface area contributed by atoms with E-state index in [1.807, 2.05) is 0 Å². The largest absolute Gasteiger partial charge is 0.467 e. The van der Waals surface area contributed by atoms with Gasteiger partial charge in [0, 0.05) is 17.5 Å². The van der Waals surface area contributed by atoms with Gasteiger partial charge in [-0.25, -0.2) is 4.39 Å². The molecule has 0 atom stereocenters. The molecule has 0 unspecified atom stereocenters. The van der Waals surface area contributed by atoms with E-state index >= 15 is 0 Å². The highest BCUT2D eigenvalue weighted by atomic mass is 32.2. The first kappa shape index (κ1) is 24.3. The smallest absolute Gasteiger partial charge is 0.254 e. The predicted octanol–water partition coefficient (Wildman–Crippen LogP) is 4.82. The number of benzene rings is 1. The van der Waals surface area contributed by atoms with Gasteiger partial charge in [-0.15, -0.1) is 21.5 Å². The van der Waals surface area contributed by atoms with Crippen molar-refractivity contribution in [1.82, 2.24) is 20.1 Å². The van der Waals surface area contributed by atoms with Crippen LogP contribution < -0.4 is 10.6 Å². The molecule has 3 heterocycles. The topological polar surface area (TPSA) is 102 Å². The van der Waals surface area contributed by atoms with Crippen LogP contribution in [0.15, 0.2) is 52.2 Å². The highest BCUT2D eigenvalue weighted by Gasteiger charge is 2.26. The summed E-state index contributed by atoms with van der Waals surface area (Å²) in [6.07, 6.45) is 5.40. The quantitative estimate of drug-likeness (QED) is 0.320. The second-order valence-electron chi connectivity index (χ2n) is 8.39. The molecule has 2 amide bonds. The van der Waals surface area contributed by atoms with E-state index in [2.05, 4.69) is 20.8 Å². The van der Waals surface area contributed by atoms with Crippen LogP contribution in [0.3, 0.4) is 0 Å². The maximum absolute atomic E-state index is 13.2. The number of nitrogens with one attached hydrogen (secondary N) is 2. The third-order valence-electron chi connectivity index (χ3n) is 5.92. The van der Waals surface area contributed by atoms with E-state index in [-0.39, 0.29) is 29.9 Å². The number of furan rings is 1. The maximum Gasteiger partial charge on any atom is 0.254 e. The van der Waals surface area contributed by atoms with Crippen molar-refractivity contribution in [3.05, 3.63) is 70.2 Å². The monoisotopic (exact) mass is 525 g/mol. The van der Waals surface area contributed by atoms with Gasteiger partial charge < -0.3 is 19.6 Å². The first-order valence-electron chi connectivity index (χ1n) is 11.5. The third kappa shape index (κ3) is 5.21. The molecule has 5 rings (SSSR count). The molecular formula is C25H24FN5O3S2. The molecule has 1 aliphatic carbocycles. The first-order valence-corrected chi connectivity index (χ1v) is 13.3. The van der Waals surface area contributed by atoms with E-state index in [0.29, 0.717) is 27.3 Å². The molecule has 4 aromatic rings. The molecule has 3 aromatic heterocycles. The molecule has 0 fully saturated rings. The number of halogens is 1. The Balaban J connectivity index is 1.27. The van der Waals surface area contributed by atoms with Crippen molar-refractivity contribution in [3.8, 4) is 11.4 Å². The Morgan fingerprint density at radius 1 is 1.17 bits per heavy atom. The Kier molecular flexibility index (Phi) is 7.19. The Labute approximate surface area is 215 Å². The van der Waals surface area contributed by atoms with Crippen LogP contribution in [0.5, 0.6) is 0 Å². The number of amides is 2. The third-order valence-corrected chi connectivity index (χ3v) is 8.15. The predicted molar refractivity (Wildman–Crippen MR) is 137 cm³/mol. The maximum atomic E-state index is 13.2. The Morgan fingerprint density at radius 2 is 1.97 bits per heavy atom. The molecule has 1 aliphatic rings. The Hall–Kier alpha value is -3.44. The molecule has 0 saturated carbocycles. The highest BCUT2D eigenvalue weighted by molar-refractivity contribution is 7.99. The lowest BCUT2D eigenvalue weighted by Crippen LogP contribution is -2.25. The minimum absolute atomic E-state index is 0.103. The second-order valence-corrected chi connectivity index (χ2v) is 10.4. The molecule has 36 heavy (non-hydrogen) atoms. The van der Waals surface area contributed by atoms with Gasteiger partial charge in [-0.05, 0) is 67.6 Å². The van der Waals surface area contributed by atoms with Gasteiger partial charge in [-0.1, -0.05) is 11.8 Å². The summed E-state index contributed by atoms with van der Waals surface area (Å²) in [5.74, 6) is 0.579. The summed E-state index contributed by atoms with van der Waals surface area (Å²) >= 11 is 2.73. The molecule has 1 aromatic carbocycles. The standard InChI is InChI=1S/C25H24FN5O3S2/c1-31-22(15-8-10-16(26)11-9-15)29-30-25(31)35-14-20(32)28-24-21(18-6-2-3-7-19(18)36-24)23(33)27-13-17-5-4-12-34-17/h4-5,8-12H,2-3,6-7,13-14H2,1H3,(H,27,33)(H,28,32). The molecule has 0 bridgehead atoms. The van der Waals surface area contributed by atoms with Gasteiger partial charge in [0.1, 0.15) is 16.6 Å². The number of aromatic nitrogens is 3. The number of rotatable bonds is 8. The molecular weight excluding hydrogens is 501 g/mol. The zero-order chi connectivity index (χ0) is 25.1. The fraction of sp³-hybridized carbons (Fsp3) is 0.280. The van der Waals surface area contributed by atoms with Gasteiger partial charge >= 0.3 is 0 Å². The lowest BCUT2D eigenvalue weighted by atomic mass is 9.95.